The normalized spacial score (nSPS) is 53.6. The second-order valence-corrected chi connectivity index (χ2v) is 4.53. The van der Waals surface area contributed by atoms with Crippen molar-refractivity contribution in [2.45, 2.75) is 32.3 Å². The number of fused-ring (bicyclic) bond motifs is 1. The quantitative estimate of drug-likeness (QED) is 0.553. The van der Waals surface area contributed by atoms with Gasteiger partial charge in [0.1, 0.15) is 6.10 Å². The van der Waals surface area contributed by atoms with Gasteiger partial charge in [-0.25, -0.2) is 0 Å². The Hall–Kier alpha value is -0.530. The van der Waals surface area contributed by atoms with Crippen LogP contribution in [-0.2, 0) is 9.53 Å². The van der Waals surface area contributed by atoms with E-state index in [1.165, 1.54) is 26.2 Å². The van der Waals surface area contributed by atoms with Crippen molar-refractivity contribution < 1.29 is 9.53 Å². The Kier molecular flexibility index (Phi) is 1.18. The summed E-state index contributed by atoms with van der Waals surface area (Å²) in [4.78, 5) is 10.8. The van der Waals surface area contributed by atoms with E-state index in [9.17, 15) is 4.79 Å². The third-order valence-corrected chi connectivity index (χ3v) is 4.02. The van der Waals surface area contributed by atoms with E-state index in [0.29, 0.717) is 0 Å². The Bertz CT molecular complexity index is 236. The summed E-state index contributed by atoms with van der Waals surface area (Å²) in [6.45, 7) is 1.52. The minimum absolute atomic E-state index is 0.0928. The molecule has 3 aliphatic rings. The lowest BCUT2D eigenvalue weighted by atomic mass is 10.0. The van der Waals surface area contributed by atoms with Crippen LogP contribution in [0.4, 0.5) is 0 Å². The maximum Gasteiger partial charge on any atom is 0.302 e. The zero-order valence-electron chi connectivity index (χ0n) is 7.32. The molecular formula is C10H14O2. The first kappa shape index (κ1) is 6.93. The lowest BCUT2D eigenvalue weighted by Crippen LogP contribution is -2.21. The summed E-state index contributed by atoms with van der Waals surface area (Å²) in [7, 11) is 0. The molecular weight excluding hydrogens is 152 g/mol. The number of hydrogen-bond acceptors (Lipinski definition) is 2. The summed E-state index contributed by atoms with van der Waals surface area (Å²) in [5, 5.41) is 0. The Morgan fingerprint density at radius 1 is 1.25 bits per heavy atom. The van der Waals surface area contributed by atoms with Crippen molar-refractivity contribution >= 4 is 5.97 Å². The molecule has 0 heterocycles. The van der Waals surface area contributed by atoms with Crippen molar-refractivity contribution in [1.82, 2.24) is 0 Å². The highest BCUT2D eigenvalue weighted by Gasteiger charge is 2.65. The molecule has 3 aliphatic carbocycles. The molecule has 2 heteroatoms. The van der Waals surface area contributed by atoms with E-state index in [4.69, 9.17) is 4.74 Å². The fourth-order valence-electron chi connectivity index (χ4n) is 3.65. The molecule has 12 heavy (non-hydrogen) atoms. The Morgan fingerprint density at radius 3 is 2.67 bits per heavy atom. The maximum absolute atomic E-state index is 10.8. The van der Waals surface area contributed by atoms with Gasteiger partial charge in [-0.3, -0.25) is 4.79 Å². The van der Waals surface area contributed by atoms with Crippen LogP contribution in [0.2, 0.25) is 0 Å². The molecule has 0 aromatic carbocycles. The third-order valence-electron chi connectivity index (χ3n) is 4.02. The van der Waals surface area contributed by atoms with Crippen LogP contribution in [0, 0.1) is 23.7 Å². The van der Waals surface area contributed by atoms with Gasteiger partial charge in [0.2, 0.25) is 0 Å². The predicted molar refractivity (Wildman–Crippen MR) is 43.4 cm³/mol. The lowest BCUT2D eigenvalue weighted by Gasteiger charge is -2.17. The van der Waals surface area contributed by atoms with Crippen LogP contribution in [0.5, 0.6) is 0 Å². The number of ether oxygens (including phenoxy) is 1. The van der Waals surface area contributed by atoms with E-state index in [1.807, 2.05) is 0 Å². The topological polar surface area (TPSA) is 26.3 Å². The van der Waals surface area contributed by atoms with Gasteiger partial charge in [0.05, 0.1) is 0 Å². The van der Waals surface area contributed by atoms with Crippen molar-refractivity contribution in [3.05, 3.63) is 0 Å². The first-order valence-corrected chi connectivity index (χ1v) is 4.94. The molecule has 0 spiro atoms. The molecule has 0 saturated heterocycles. The molecule has 66 valence electrons. The molecule has 0 aromatic heterocycles. The highest BCUT2D eigenvalue weighted by Crippen LogP contribution is 2.68. The molecule has 5 atom stereocenters. The van der Waals surface area contributed by atoms with Crippen LogP contribution >= 0.6 is 0 Å². The molecule has 0 aliphatic heterocycles. The standard InChI is InChI=1S/C10H14O2/c1-5(11)12-9-4-8-6-2-3-7(9)10(6)8/h6-10H,2-4H2,1H3. The van der Waals surface area contributed by atoms with Gasteiger partial charge in [0.25, 0.3) is 0 Å². The van der Waals surface area contributed by atoms with Gasteiger partial charge in [-0.15, -0.1) is 0 Å². The van der Waals surface area contributed by atoms with Crippen LogP contribution in [0.25, 0.3) is 0 Å². The van der Waals surface area contributed by atoms with Crippen LogP contribution in [0.15, 0.2) is 0 Å². The molecule has 3 rings (SSSR count). The van der Waals surface area contributed by atoms with E-state index in [2.05, 4.69) is 0 Å². The summed E-state index contributed by atoms with van der Waals surface area (Å²) in [5.74, 6) is 3.57. The number of carbonyl (C=O) groups is 1. The van der Waals surface area contributed by atoms with Gasteiger partial charge in [0.15, 0.2) is 0 Å². The van der Waals surface area contributed by atoms with Crippen molar-refractivity contribution in [2.24, 2.45) is 23.7 Å². The largest absolute Gasteiger partial charge is 0.462 e. The average Bonchev–Trinajstić information content (AvgIpc) is 2.40. The monoisotopic (exact) mass is 166 g/mol. The molecule has 3 saturated carbocycles. The number of hydrogen-bond donors (Lipinski definition) is 0. The van der Waals surface area contributed by atoms with Gasteiger partial charge < -0.3 is 4.74 Å². The summed E-state index contributed by atoms with van der Waals surface area (Å²) in [6.07, 6.45) is 4.16. The van der Waals surface area contributed by atoms with E-state index in [1.54, 1.807) is 0 Å². The highest BCUT2D eigenvalue weighted by molar-refractivity contribution is 5.66. The fourth-order valence-corrected chi connectivity index (χ4v) is 3.65. The van der Waals surface area contributed by atoms with E-state index in [0.717, 1.165) is 23.7 Å². The zero-order chi connectivity index (χ0) is 8.29. The molecule has 0 aromatic rings. The molecule has 2 nitrogen and oxygen atoms in total. The third kappa shape index (κ3) is 0.732. The SMILES string of the molecule is CC(=O)OC1CC2C3CCC1C32. The lowest BCUT2D eigenvalue weighted by molar-refractivity contribution is -0.148. The second kappa shape index (κ2) is 2.04. The minimum Gasteiger partial charge on any atom is -0.462 e. The summed E-state index contributed by atoms with van der Waals surface area (Å²) in [6, 6.07) is 0. The molecule has 3 fully saturated rings. The molecule has 0 N–H and O–H groups in total. The summed E-state index contributed by atoms with van der Waals surface area (Å²) < 4.78 is 5.30. The van der Waals surface area contributed by atoms with Crippen LogP contribution in [0.1, 0.15) is 26.2 Å². The number of esters is 1. The Balaban J connectivity index is 1.72. The Morgan fingerprint density at radius 2 is 2.00 bits per heavy atom. The number of rotatable bonds is 1. The van der Waals surface area contributed by atoms with E-state index in [-0.39, 0.29) is 12.1 Å². The van der Waals surface area contributed by atoms with E-state index >= 15 is 0 Å². The predicted octanol–water partition coefficient (Wildman–Crippen LogP) is 1.59. The van der Waals surface area contributed by atoms with Crippen LogP contribution in [-0.4, -0.2) is 12.1 Å². The molecule has 0 bridgehead atoms. The van der Waals surface area contributed by atoms with Crippen LogP contribution < -0.4 is 0 Å². The molecule has 0 radical (unpaired) electrons. The van der Waals surface area contributed by atoms with Crippen LogP contribution in [0.3, 0.4) is 0 Å². The van der Waals surface area contributed by atoms with Crippen molar-refractivity contribution in [2.75, 3.05) is 0 Å². The van der Waals surface area contributed by atoms with Crippen molar-refractivity contribution in [1.29, 1.82) is 0 Å². The summed E-state index contributed by atoms with van der Waals surface area (Å²) >= 11 is 0. The van der Waals surface area contributed by atoms with Crippen molar-refractivity contribution in [3.8, 4) is 0 Å². The van der Waals surface area contributed by atoms with Gasteiger partial charge in [0, 0.05) is 6.92 Å². The second-order valence-electron chi connectivity index (χ2n) is 4.53. The Labute approximate surface area is 72.3 Å². The molecule has 0 amide bonds. The fraction of sp³-hybridized carbons (Fsp3) is 0.900. The van der Waals surface area contributed by atoms with Gasteiger partial charge >= 0.3 is 5.97 Å². The molecule has 5 unspecified atom stereocenters. The van der Waals surface area contributed by atoms with Crippen molar-refractivity contribution in [3.63, 3.8) is 0 Å². The maximum atomic E-state index is 10.8. The minimum atomic E-state index is -0.0928. The first-order chi connectivity index (χ1) is 5.77. The smallest absolute Gasteiger partial charge is 0.302 e. The number of carbonyl (C=O) groups excluding carboxylic acids is 1. The van der Waals surface area contributed by atoms with E-state index < -0.39 is 0 Å². The van der Waals surface area contributed by atoms with Gasteiger partial charge in [-0.2, -0.15) is 0 Å². The highest BCUT2D eigenvalue weighted by atomic mass is 16.5. The average molecular weight is 166 g/mol. The first-order valence-electron chi connectivity index (χ1n) is 4.94. The van der Waals surface area contributed by atoms with Gasteiger partial charge in [-0.05, 0) is 42.9 Å². The summed E-state index contributed by atoms with van der Waals surface area (Å²) in [5.41, 5.74) is 0. The zero-order valence-corrected chi connectivity index (χ0v) is 7.32. The van der Waals surface area contributed by atoms with Gasteiger partial charge in [-0.1, -0.05) is 0 Å².